The summed E-state index contributed by atoms with van der Waals surface area (Å²) in [4.78, 5) is 50.1. The van der Waals surface area contributed by atoms with Crippen LogP contribution in [0, 0.1) is 12.8 Å². The van der Waals surface area contributed by atoms with Gasteiger partial charge in [-0.1, -0.05) is 24.3 Å². The molecule has 0 aromatic heterocycles. The van der Waals surface area contributed by atoms with Crippen molar-refractivity contribution in [2.75, 3.05) is 25.2 Å². The number of carbonyl (C=O) groups is 4. The van der Waals surface area contributed by atoms with Crippen LogP contribution in [-0.2, 0) is 19.1 Å². The first-order valence-electron chi connectivity index (χ1n) is 9.40. The number of hydrogen-bond acceptors (Lipinski definition) is 6. The molecular weight excluding hydrogens is 388 g/mol. The maximum Gasteiger partial charge on any atom is 0.311 e. The number of carbonyl (C=O) groups excluding carboxylic acids is 4. The van der Waals surface area contributed by atoms with Gasteiger partial charge in [0.25, 0.3) is 11.8 Å². The van der Waals surface area contributed by atoms with E-state index in [1.165, 1.54) is 12.0 Å². The Bertz CT molecular complexity index is 973. The van der Waals surface area contributed by atoms with Crippen LogP contribution in [0.15, 0.2) is 48.5 Å². The molecule has 1 aliphatic rings. The molecule has 3 amide bonds. The summed E-state index contributed by atoms with van der Waals surface area (Å²) in [5, 5.41) is 2.16. The fraction of sp³-hybridized carbons (Fsp3) is 0.273. The summed E-state index contributed by atoms with van der Waals surface area (Å²) in [5.41, 5.74) is 1.86. The van der Waals surface area contributed by atoms with Gasteiger partial charge >= 0.3 is 5.97 Å². The fourth-order valence-corrected chi connectivity index (χ4v) is 3.19. The summed E-state index contributed by atoms with van der Waals surface area (Å²) >= 11 is 0. The quantitative estimate of drug-likeness (QED) is 0.730. The Labute approximate surface area is 173 Å². The molecule has 0 unspecified atom stereocenters. The highest BCUT2D eigenvalue weighted by atomic mass is 16.5. The van der Waals surface area contributed by atoms with E-state index in [1.807, 2.05) is 19.1 Å². The second-order valence-electron chi connectivity index (χ2n) is 6.93. The molecule has 30 heavy (non-hydrogen) atoms. The number of ether oxygens (including phenoxy) is 2. The van der Waals surface area contributed by atoms with Crippen LogP contribution in [0.3, 0.4) is 0 Å². The smallest absolute Gasteiger partial charge is 0.311 e. The Morgan fingerprint density at radius 2 is 1.87 bits per heavy atom. The Balaban J connectivity index is 1.55. The lowest BCUT2D eigenvalue weighted by Gasteiger charge is -2.20. The number of nitrogens with one attached hydrogen (secondary N) is 1. The molecule has 1 heterocycles. The molecule has 1 saturated heterocycles. The first-order valence-corrected chi connectivity index (χ1v) is 9.40. The third-order valence-electron chi connectivity index (χ3n) is 4.72. The first-order chi connectivity index (χ1) is 14.4. The van der Waals surface area contributed by atoms with E-state index in [0.29, 0.717) is 17.0 Å². The van der Waals surface area contributed by atoms with E-state index in [2.05, 4.69) is 5.32 Å². The van der Waals surface area contributed by atoms with Crippen molar-refractivity contribution in [3.8, 4) is 5.75 Å². The van der Waals surface area contributed by atoms with Crippen LogP contribution in [0.25, 0.3) is 0 Å². The van der Waals surface area contributed by atoms with Gasteiger partial charge in [0.1, 0.15) is 5.75 Å². The SMILES string of the molecule is COc1ccc(C)cc1N1C[C@H](C(=O)OCC(=O)NC(=O)c2ccccc2)CC1=O. The minimum atomic E-state index is -0.737. The van der Waals surface area contributed by atoms with Crippen molar-refractivity contribution in [3.63, 3.8) is 0 Å². The molecule has 1 N–H and O–H groups in total. The zero-order valence-corrected chi connectivity index (χ0v) is 16.7. The fourth-order valence-electron chi connectivity index (χ4n) is 3.19. The molecule has 156 valence electrons. The van der Waals surface area contributed by atoms with Crippen molar-refractivity contribution in [2.24, 2.45) is 5.92 Å². The van der Waals surface area contributed by atoms with Crippen LogP contribution in [-0.4, -0.2) is 44.0 Å². The molecule has 1 fully saturated rings. The largest absolute Gasteiger partial charge is 0.495 e. The van der Waals surface area contributed by atoms with Crippen molar-refractivity contribution in [2.45, 2.75) is 13.3 Å². The Hall–Kier alpha value is -3.68. The van der Waals surface area contributed by atoms with E-state index in [9.17, 15) is 19.2 Å². The highest BCUT2D eigenvalue weighted by molar-refractivity contribution is 6.05. The molecule has 1 atom stereocenters. The van der Waals surface area contributed by atoms with Gasteiger partial charge in [-0.3, -0.25) is 24.5 Å². The van der Waals surface area contributed by atoms with Gasteiger partial charge in [0.2, 0.25) is 5.91 Å². The Kier molecular flexibility index (Phi) is 6.46. The molecule has 0 saturated carbocycles. The molecule has 1 aliphatic heterocycles. The van der Waals surface area contributed by atoms with Crippen LogP contribution >= 0.6 is 0 Å². The second-order valence-corrected chi connectivity index (χ2v) is 6.93. The van der Waals surface area contributed by atoms with Crippen LogP contribution in [0.1, 0.15) is 22.3 Å². The summed E-state index contributed by atoms with van der Waals surface area (Å²) < 4.78 is 10.3. The maximum atomic E-state index is 12.4. The van der Waals surface area contributed by atoms with Gasteiger partial charge in [-0.05, 0) is 36.8 Å². The molecule has 0 radical (unpaired) electrons. The van der Waals surface area contributed by atoms with Crippen molar-refractivity contribution in [1.82, 2.24) is 5.32 Å². The van der Waals surface area contributed by atoms with E-state index in [1.54, 1.807) is 36.4 Å². The van der Waals surface area contributed by atoms with E-state index < -0.39 is 30.3 Å². The molecule has 2 aromatic carbocycles. The van der Waals surface area contributed by atoms with Gasteiger partial charge in [0, 0.05) is 18.5 Å². The molecule has 0 aliphatic carbocycles. The molecule has 0 bridgehead atoms. The summed E-state index contributed by atoms with van der Waals surface area (Å²) in [6.45, 7) is 1.42. The summed E-state index contributed by atoms with van der Waals surface area (Å²) in [7, 11) is 1.51. The normalized spacial score (nSPS) is 15.6. The molecule has 0 spiro atoms. The number of aryl methyl sites for hydroxylation is 1. The summed E-state index contributed by atoms with van der Waals surface area (Å²) in [6, 6.07) is 13.7. The zero-order chi connectivity index (χ0) is 21.7. The standard InChI is InChI=1S/C22H22N2O6/c1-14-8-9-18(29-2)17(10-14)24-12-16(11-20(24)26)22(28)30-13-19(25)23-21(27)15-6-4-3-5-7-15/h3-10,16H,11-13H2,1-2H3,(H,23,25,27)/t16-/m1/s1. The second kappa shape index (κ2) is 9.21. The maximum absolute atomic E-state index is 12.4. The van der Waals surface area contributed by atoms with Crippen molar-refractivity contribution < 1.29 is 28.7 Å². The van der Waals surface area contributed by atoms with E-state index in [0.717, 1.165) is 5.56 Å². The van der Waals surface area contributed by atoms with Gasteiger partial charge < -0.3 is 14.4 Å². The third kappa shape index (κ3) is 4.83. The number of nitrogens with zero attached hydrogens (tertiary/aromatic N) is 1. The summed E-state index contributed by atoms with van der Waals surface area (Å²) in [6.07, 6.45) is -0.0273. The van der Waals surface area contributed by atoms with Crippen LogP contribution in [0.4, 0.5) is 5.69 Å². The number of benzene rings is 2. The van der Waals surface area contributed by atoms with Gasteiger partial charge in [-0.15, -0.1) is 0 Å². The van der Waals surface area contributed by atoms with Gasteiger partial charge in [-0.25, -0.2) is 0 Å². The lowest BCUT2D eigenvalue weighted by atomic mass is 10.1. The molecular formula is C22H22N2O6. The number of hydrogen-bond donors (Lipinski definition) is 1. The average molecular weight is 410 g/mol. The minimum absolute atomic E-state index is 0.0273. The van der Waals surface area contributed by atoms with Crippen molar-refractivity contribution >= 4 is 29.4 Å². The van der Waals surface area contributed by atoms with Crippen molar-refractivity contribution in [3.05, 3.63) is 59.7 Å². The Morgan fingerprint density at radius 1 is 1.13 bits per heavy atom. The topological polar surface area (TPSA) is 102 Å². The predicted molar refractivity (Wildman–Crippen MR) is 108 cm³/mol. The van der Waals surface area contributed by atoms with Crippen molar-refractivity contribution in [1.29, 1.82) is 0 Å². The Morgan fingerprint density at radius 3 is 2.57 bits per heavy atom. The minimum Gasteiger partial charge on any atom is -0.495 e. The third-order valence-corrected chi connectivity index (χ3v) is 4.72. The van der Waals surface area contributed by atoms with E-state index in [-0.39, 0.29) is 18.9 Å². The van der Waals surface area contributed by atoms with Gasteiger partial charge in [-0.2, -0.15) is 0 Å². The number of methoxy groups -OCH3 is 1. The molecule has 8 heteroatoms. The van der Waals surface area contributed by atoms with Crippen LogP contribution in [0.2, 0.25) is 0 Å². The number of rotatable bonds is 6. The predicted octanol–water partition coefficient (Wildman–Crippen LogP) is 1.86. The number of esters is 1. The lowest BCUT2D eigenvalue weighted by molar-refractivity contribution is -0.152. The van der Waals surface area contributed by atoms with E-state index in [4.69, 9.17) is 9.47 Å². The molecule has 3 rings (SSSR count). The van der Waals surface area contributed by atoms with Gasteiger partial charge in [0.15, 0.2) is 6.61 Å². The van der Waals surface area contributed by atoms with Gasteiger partial charge in [0.05, 0.1) is 18.7 Å². The molecule has 8 nitrogen and oxygen atoms in total. The lowest BCUT2D eigenvalue weighted by Crippen LogP contribution is -2.35. The zero-order valence-electron chi connectivity index (χ0n) is 16.7. The number of amides is 3. The number of imide groups is 1. The van der Waals surface area contributed by atoms with Crippen LogP contribution in [0.5, 0.6) is 5.75 Å². The first kappa shape index (κ1) is 21.0. The monoisotopic (exact) mass is 410 g/mol. The average Bonchev–Trinajstić information content (AvgIpc) is 3.14. The highest BCUT2D eigenvalue weighted by Crippen LogP contribution is 2.34. The van der Waals surface area contributed by atoms with Crippen LogP contribution < -0.4 is 15.0 Å². The highest BCUT2D eigenvalue weighted by Gasteiger charge is 2.37. The molecule has 2 aromatic rings. The van der Waals surface area contributed by atoms with E-state index >= 15 is 0 Å². The number of anilines is 1. The summed E-state index contributed by atoms with van der Waals surface area (Å²) in [5.74, 6) is -2.39.